The third-order valence-corrected chi connectivity index (χ3v) is 2.14. The third-order valence-electron chi connectivity index (χ3n) is 1.92. The molecule has 1 heterocycles. The molecular weight excluding hydrogens is 206 g/mol. The molecule has 74 valence electrons. The Morgan fingerprint density at radius 3 is 3.07 bits per heavy atom. The second kappa shape index (κ2) is 3.38. The SMILES string of the molecule is NC(=O)Oc1cc(Cl)cc2c1OCC2. The predicted molar refractivity (Wildman–Crippen MR) is 50.9 cm³/mol. The van der Waals surface area contributed by atoms with E-state index in [2.05, 4.69) is 0 Å². The lowest BCUT2D eigenvalue weighted by Gasteiger charge is -2.07. The number of nitrogens with two attached hydrogens (primary N) is 1. The highest BCUT2D eigenvalue weighted by Gasteiger charge is 2.19. The minimum atomic E-state index is -0.870. The molecule has 0 saturated heterocycles. The zero-order chi connectivity index (χ0) is 10.1. The summed E-state index contributed by atoms with van der Waals surface area (Å²) in [5.74, 6) is 0.853. The van der Waals surface area contributed by atoms with Crippen LogP contribution in [0.5, 0.6) is 11.5 Å². The van der Waals surface area contributed by atoms with Crippen molar-refractivity contribution in [2.75, 3.05) is 6.61 Å². The van der Waals surface area contributed by atoms with Crippen molar-refractivity contribution in [3.63, 3.8) is 0 Å². The number of halogens is 1. The molecule has 0 spiro atoms. The van der Waals surface area contributed by atoms with E-state index < -0.39 is 6.09 Å². The molecule has 1 aromatic carbocycles. The monoisotopic (exact) mass is 213 g/mol. The standard InChI is InChI=1S/C9H8ClNO3/c10-6-3-5-1-2-13-8(5)7(4-6)14-9(11)12/h3-4H,1-2H2,(H2,11,12). The second-order valence-electron chi connectivity index (χ2n) is 2.91. The van der Waals surface area contributed by atoms with Gasteiger partial charge in [0.2, 0.25) is 0 Å². The van der Waals surface area contributed by atoms with Gasteiger partial charge in [-0.25, -0.2) is 4.79 Å². The number of fused-ring (bicyclic) bond motifs is 1. The molecule has 0 atom stereocenters. The molecule has 0 bridgehead atoms. The quantitative estimate of drug-likeness (QED) is 0.773. The molecule has 0 aromatic heterocycles. The Balaban J connectivity index is 2.43. The van der Waals surface area contributed by atoms with Gasteiger partial charge >= 0.3 is 6.09 Å². The van der Waals surface area contributed by atoms with Crippen molar-refractivity contribution in [3.05, 3.63) is 22.7 Å². The molecular formula is C9H8ClNO3. The predicted octanol–water partition coefficient (Wildman–Crippen LogP) is 1.73. The number of benzene rings is 1. The summed E-state index contributed by atoms with van der Waals surface area (Å²) in [6.07, 6.45) is -0.102. The summed E-state index contributed by atoms with van der Waals surface area (Å²) >= 11 is 5.82. The molecule has 14 heavy (non-hydrogen) atoms. The molecule has 2 rings (SSSR count). The summed E-state index contributed by atoms with van der Waals surface area (Å²) in [4.78, 5) is 10.6. The van der Waals surface area contributed by atoms with Crippen molar-refractivity contribution >= 4 is 17.7 Å². The van der Waals surface area contributed by atoms with Gasteiger partial charge in [-0.15, -0.1) is 0 Å². The van der Waals surface area contributed by atoms with Crippen LogP contribution in [-0.4, -0.2) is 12.7 Å². The first-order valence-electron chi connectivity index (χ1n) is 4.09. The number of hydrogen-bond acceptors (Lipinski definition) is 3. The van der Waals surface area contributed by atoms with E-state index in [4.69, 9.17) is 26.8 Å². The van der Waals surface area contributed by atoms with Crippen LogP contribution in [0, 0.1) is 0 Å². The minimum absolute atomic E-state index is 0.289. The van der Waals surface area contributed by atoms with Crippen LogP contribution in [0.1, 0.15) is 5.56 Å². The Labute approximate surface area is 85.6 Å². The van der Waals surface area contributed by atoms with E-state index in [-0.39, 0.29) is 5.75 Å². The van der Waals surface area contributed by atoms with Crippen LogP contribution in [0.3, 0.4) is 0 Å². The van der Waals surface area contributed by atoms with Gasteiger partial charge in [0.15, 0.2) is 11.5 Å². The van der Waals surface area contributed by atoms with Gasteiger partial charge in [0.25, 0.3) is 0 Å². The van der Waals surface area contributed by atoms with Gasteiger partial charge in [-0.05, 0) is 6.07 Å². The van der Waals surface area contributed by atoms with Gasteiger partial charge in [0, 0.05) is 23.1 Å². The number of ether oxygens (including phenoxy) is 2. The first-order chi connectivity index (χ1) is 6.66. The fraction of sp³-hybridized carbons (Fsp3) is 0.222. The molecule has 0 aliphatic carbocycles. The fourth-order valence-electron chi connectivity index (χ4n) is 1.42. The first-order valence-corrected chi connectivity index (χ1v) is 4.47. The van der Waals surface area contributed by atoms with Crippen molar-refractivity contribution in [1.82, 2.24) is 0 Å². The van der Waals surface area contributed by atoms with Gasteiger partial charge in [0.1, 0.15) is 0 Å². The molecule has 1 aromatic rings. The summed E-state index contributed by atoms with van der Waals surface area (Å²) in [5, 5.41) is 0.505. The van der Waals surface area contributed by atoms with Crippen LogP contribution in [0.2, 0.25) is 5.02 Å². The lowest BCUT2D eigenvalue weighted by molar-refractivity contribution is 0.208. The molecule has 2 N–H and O–H groups in total. The number of carbonyl (C=O) groups excluding carboxylic acids is 1. The lowest BCUT2D eigenvalue weighted by atomic mass is 10.1. The highest BCUT2D eigenvalue weighted by Crippen LogP contribution is 2.38. The number of carbonyl (C=O) groups is 1. The van der Waals surface area contributed by atoms with Crippen LogP contribution in [0.4, 0.5) is 4.79 Å². The van der Waals surface area contributed by atoms with E-state index in [1.54, 1.807) is 6.07 Å². The Morgan fingerprint density at radius 1 is 1.57 bits per heavy atom. The zero-order valence-corrected chi connectivity index (χ0v) is 8.00. The summed E-state index contributed by atoms with van der Waals surface area (Å²) in [7, 11) is 0. The molecule has 0 radical (unpaired) electrons. The van der Waals surface area contributed by atoms with Gasteiger partial charge < -0.3 is 15.2 Å². The average molecular weight is 214 g/mol. The van der Waals surface area contributed by atoms with Gasteiger partial charge in [0.05, 0.1) is 6.61 Å². The molecule has 0 saturated carbocycles. The smallest absolute Gasteiger partial charge is 0.410 e. The summed E-state index contributed by atoms with van der Waals surface area (Å²) in [5.41, 5.74) is 5.85. The third kappa shape index (κ3) is 1.61. The topological polar surface area (TPSA) is 61.6 Å². The van der Waals surface area contributed by atoms with Crippen molar-refractivity contribution < 1.29 is 14.3 Å². The molecule has 1 amide bonds. The van der Waals surface area contributed by atoms with E-state index >= 15 is 0 Å². The lowest BCUT2D eigenvalue weighted by Crippen LogP contribution is -2.16. The second-order valence-corrected chi connectivity index (χ2v) is 3.35. The van der Waals surface area contributed by atoms with Crippen LogP contribution < -0.4 is 15.2 Å². The molecule has 0 fully saturated rings. The number of primary amides is 1. The molecule has 4 nitrogen and oxygen atoms in total. The largest absolute Gasteiger partial charge is 0.489 e. The highest BCUT2D eigenvalue weighted by molar-refractivity contribution is 6.30. The minimum Gasteiger partial charge on any atom is -0.489 e. The van der Waals surface area contributed by atoms with E-state index in [1.807, 2.05) is 0 Å². The average Bonchev–Trinajstić information content (AvgIpc) is 2.50. The van der Waals surface area contributed by atoms with E-state index in [0.29, 0.717) is 17.4 Å². The van der Waals surface area contributed by atoms with Gasteiger partial charge in [-0.2, -0.15) is 0 Å². The van der Waals surface area contributed by atoms with Crippen LogP contribution in [0.15, 0.2) is 12.1 Å². The summed E-state index contributed by atoms with van der Waals surface area (Å²) < 4.78 is 10.1. The molecule has 5 heteroatoms. The van der Waals surface area contributed by atoms with E-state index in [0.717, 1.165) is 12.0 Å². The van der Waals surface area contributed by atoms with Crippen LogP contribution in [-0.2, 0) is 6.42 Å². The fourth-order valence-corrected chi connectivity index (χ4v) is 1.65. The highest BCUT2D eigenvalue weighted by atomic mass is 35.5. The van der Waals surface area contributed by atoms with Crippen molar-refractivity contribution in [2.45, 2.75) is 6.42 Å². The summed E-state index contributed by atoms with van der Waals surface area (Å²) in [6.45, 7) is 0.574. The van der Waals surface area contributed by atoms with Crippen LogP contribution >= 0.6 is 11.6 Å². The van der Waals surface area contributed by atoms with Gasteiger partial charge in [-0.3, -0.25) is 0 Å². The van der Waals surface area contributed by atoms with E-state index in [9.17, 15) is 4.79 Å². The van der Waals surface area contributed by atoms with Crippen molar-refractivity contribution in [2.24, 2.45) is 5.73 Å². The number of hydrogen-bond donors (Lipinski definition) is 1. The van der Waals surface area contributed by atoms with Gasteiger partial charge in [-0.1, -0.05) is 11.6 Å². The van der Waals surface area contributed by atoms with Crippen molar-refractivity contribution in [3.8, 4) is 11.5 Å². The van der Waals surface area contributed by atoms with Crippen molar-refractivity contribution in [1.29, 1.82) is 0 Å². The Hall–Kier alpha value is -1.42. The normalized spacial score (nSPS) is 13.2. The summed E-state index contributed by atoms with van der Waals surface area (Å²) in [6, 6.07) is 3.30. The Morgan fingerprint density at radius 2 is 2.36 bits per heavy atom. The maximum Gasteiger partial charge on any atom is 0.410 e. The molecule has 1 aliphatic heterocycles. The number of amides is 1. The zero-order valence-electron chi connectivity index (χ0n) is 7.25. The van der Waals surface area contributed by atoms with Crippen LogP contribution in [0.25, 0.3) is 0 Å². The Kier molecular flexibility index (Phi) is 2.21. The van der Waals surface area contributed by atoms with E-state index in [1.165, 1.54) is 6.07 Å². The number of rotatable bonds is 1. The maximum absolute atomic E-state index is 10.6. The Bertz CT molecular complexity index is 392. The first kappa shape index (κ1) is 9.15. The molecule has 0 unspecified atom stereocenters. The maximum atomic E-state index is 10.6. The molecule has 1 aliphatic rings.